The van der Waals surface area contributed by atoms with Crippen LogP contribution in [0.15, 0.2) is 36.7 Å². The molecule has 96 valence electrons. The highest BCUT2D eigenvalue weighted by Crippen LogP contribution is 2.07. The lowest BCUT2D eigenvalue weighted by atomic mass is 10.2. The fourth-order valence-corrected chi connectivity index (χ4v) is 1.85. The zero-order valence-electron chi connectivity index (χ0n) is 10.5. The number of aliphatic hydroxyl groups is 1. The van der Waals surface area contributed by atoms with Crippen LogP contribution in [0.2, 0.25) is 0 Å². The number of aliphatic hydroxyl groups excluding tert-OH is 1. The molecule has 2 rings (SSSR count). The van der Waals surface area contributed by atoms with Crippen LogP contribution in [0.1, 0.15) is 11.4 Å². The fraction of sp³-hybridized carbons (Fsp3) is 0.385. The highest BCUT2D eigenvalue weighted by atomic mass is 16.3. The van der Waals surface area contributed by atoms with E-state index >= 15 is 0 Å². The first kappa shape index (κ1) is 12.7. The van der Waals surface area contributed by atoms with Gasteiger partial charge in [-0.3, -0.25) is 4.90 Å². The zero-order chi connectivity index (χ0) is 12.8. The first-order valence-corrected chi connectivity index (χ1v) is 5.99. The third-order valence-electron chi connectivity index (χ3n) is 2.84. The Hall–Kier alpha value is -1.72. The first-order valence-electron chi connectivity index (χ1n) is 5.99. The van der Waals surface area contributed by atoms with Crippen LogP contribution < -0.4 is 0 Å². The summed E-state index contributed by atoms with van der Waals surface area (Å²) >= 11 is 0. The van der Waals surface area contributed by atoms with Gasteiger partial charge in [-0.25, -0.2) is 0 Å². The lowest BCUT2D eigenvalue weighted by Gasteiger charge is -2.20. The van der Waals surface area contributed by atoms with Crippen LogP contribution in [-0.2, 0) is 20.1 Å². The van der Waals surface area contributed by atoms with Crippen molar-refractivity contribution in [1.82, 2.24) is 19.7 Å². The molecule has 0 aliphatic carbocycles. The summed E-state index contributed by atoms with van der Waals surface area (Å²) in [6.07, 6.45) is 1.69. The van der Waals surface area contributed by atoms with Gasteiger partial charge in [-0.05, 0) is 5.56 Å². The summed E-state index contributed by atoms with van der Waals surface area (Å²) in [5.74, 6) is 0.902. The Balaban J connectivity index is 2.02. The molecule has 5 heteroatoms. The van der Waals surface area contributed by atoms with Crippen molar-refractivity contribution in [2.24, 2.45) is 7.05 Å². The van der Waals surface area contributed by atoms with Crippen LogP contribution in [0.3, 0.4) is 0 Å². The minimum Gasteiger partial charge on any atom is -0.395 e. The Morgan fingerprint density at radius 2 is 2.00 bits per heavy atom. The number of benzene rings is 1. The van der Waals surface area contributed by atoms with Crippen molar-refractivity contribution in [3.8, 4) is 0 Å². The van der Waals surface area contributed by atoms with Gasteiger partial charge in [0.15, 0.2) is 0 Å². The molecule has 0 fully saturated rings. The van der Waals surface area contributed by atoms with E-state index in [0.717, 1.165) is 12.4 Å². The summed E-state index contributed by atoms with van der Waals surface area (Å²) in [7, 11) is 1.93. The van der Waals surface area contributed by atoms with Gasteiger partial charge in [-0.1, -0.05) is 30.3 Å². The maximum Gasteiger partial charge on any atom is 0.146 e. The second-order valence-corrected chi connectivity index (χ2v) is 4.28. The normalized spacial score (nSPS) is 11.1. The number of aromatic nitrogens is 3. The van der Waals surface area contributed by atoms with Gasteiger partial charge in [-0.2, -0.15) is 0 Å². The molecule has 0 saturated carbocycles. The first-order chi connectivity index (χ1) is 8.79. The molecule has 18 heavy (non-hydrogen) atoms. The summed E-state index contributed by atoms with van der Waals surface area (Å²) in [6, 6.07) is 10.2. The fourth-order valence-electron chi connectivity index (χ4n) is 1.85. The van der Waals surface area contributed by atoms with Crippen LogP contribution in [0.25, 0.3) is 0 Å². The molecule has 0 aliphatic rings. The van der Waals surface area contributed by atoms with Crippen molar-refractivity contribution in [1.29, 1.82) is 0 Å². The van der Waals surface area contributed by atoms with E-state index in [9.17, 15) is 0 Å². The molecule has 1 aromatic carbocycles. The smallest absolute Gasteiger partial charge is 0.146 e. The molecule has 1 aromatic heterocycles. The maximum atomic E-state index is 9.13. The van der Waals surface area contributed by atoms with Crippen molar-refractivity contribution in [2.75, 3.05) is 13.2 Å². The predicted molar refractivity (Wildman–Crippen MR) is 68.6 cm³/mol. The monoisotopic (exact) mass is 246 g/mol. The van der Waals surface area contributed by atoms with E-state index in [1.165, 1.54) is 5.56 Å². The van der Waals surface area contributed by atoms with Crippen LogP contribution in [0.5, 0.6) is 0 Å². The molecule has 0 saturated heterocycles. The van der Waals surface area contributed by atoms with Gasteiger partial charge in [0.25, 0.3) is 0 Å². The molecule has 0 unspecified atom stereocenters. The molecule has 5 nitrogen and oxygen atoms in total. The average molecular weight is 246 g/mol. The summed E-state index contributed by atoms with van der Waals surface area (Å²) in [5, 5.41) is 17.1. The number of aryl methyl sites for hydroxylation is 1. The Morgan fingerprint density at radius 3 is 2.61 bits per heavy atom. The molecule has 2 aromatic rings. The number of nitrogens with zero attached hydrogens (tertiary/aromatic N) is 4. The van der Waals surface area contributed by atoms with E-state index in [4.69, 9.17) is 5.11 Å². The molecular formula is C13H18N4O. The minimum atomic E-state index is 0.144. The predicted octanol–water partition coefficient (Wildman–Crippen LogP) is 0.810. The van der Waals surface area contributed by atoms with Crippen molar-refractivity contribution >= 4 is 0 Å². The van der Waals surface area contributed by atoms with E-state index in [2.05, 4.69) is 27.2 Å². The van der Waals surface area contributed by atoms with E-state index < -0.39 is 0 Å². The molecule has 0 amide bonds. The number of hydrogen-bond donors (Lipinski definition) is 1. The third-order valence-corrected chi connectivity index (χ3v) is 2.84. The van der Waals surface area contributed by atoms with Gasteiger partial charge in [0, 0.05) is 20.1 Å². The molecule has 0 bridgehead atoms. The minimum absolute atomic E-state index is 0.144. The molecule has 1 N–H and O–H groups in total. The topological polar surface area (TPSA) is 54.2 Å². The van der Waals surface area contributed by atoms with Crippen molar-refractivity contribution < 1.29 is 5.11 Å². The van der Waals surface area contributed by atoms with Crippen LogP contribution in [-0.4, -0.2) is 37.9 Å². The van der Waals surface area contributed by atoms with E-state index in [-0.39, 0.29) is 6.61 Å². The van der Waals surface area contributed by atoms with E-state index in [0.29, 0.717) is 13.1 Å². The number of rotatable bonds is 6. The molecule has 0 radical (unpaired) electrons. The molecular weight excluding hydrogens is 228 g/mol. The average Bonchev–Trinajstić information content (AvgIpc) is 2.77. The maximum absolute atomic E-state index is 9.13. The lowest BCUT2D eigenvalue weighted by molar-refractivity contribution is 0.180. The van der Waals surface area contributed by atoms with Gasteiger partial charge < -0.3 is 9.67 Å². The summed E-state index contributed by atoms with van der Waals surface area (Å²) in [4.78, 5) is 2.15. The Labute approximate surface area is 107 Å². The van der Waals surface area contributed by atoms with E-state index in [1.807, 2.05) is 29.8 Å². The van der Waals surface area contributed by atoms with Crippen molar-refractivity contribution in [3.63, 3.8) is 0 Å². The summed E-state index contributed by atoms with van der Waals surface area (Å²) in [6.45, 7) is 2.26. The van der Waals surface area contributed by atoms with Gasteiger partial charge in [0.05, 0.1) is 13.2 Å². The van der Waals surface area contributed by atoms with Crippen LogP contribution in [0.4, 0.5) is 0 Å². The third kappa shape index (κ3) is 3.38. The second-order valence-electron chi connectivity index (χ2n) is 4.28. The highest BCUT2D eigenvalue weighted by molar-refractivity contribution is 5.14. The second kappa shape index (κ2) is 6.28. The molecule has 1 heterocycles. The lowest BCUT2D eigenvalue weighted by Crippen LogP contribution is -2.27. The van der Waals surface area contributed by atoms with Gasteiger partial charge in [-0.15, -0.1) is 10.2 Å². The summed E-state index contributed by atoms with van der Waals surface area (Å²) < 4.78 is 1.90. The van der Waals surface area contributed by atoms with Crippen LogP contribution >= 0.6 is 0 Å². The Kier molecular flexibility index (Phi) is 4.44. The quantitative estimate of drug-likeness (QED) is 0.819. The highest BCUT2D eigenvalue weighted by Gasteiger charge is 2.09. The SMILES string of the molecule is Cn1cnnc1CN(CCO)Cc1ccccc1. The molecule has 0 aliphatic heterocycles. The summed E-state index contributed by atoms with van der Waals surface area (Å²) in [5.41, 5.74) is 1.23. The van der Waals surface area contributed by atoms with E-state index in [1.54, 1.807) is 6.33 Å². The Morgan fingerprint density at radius 1 is 1.22 bits per heavy atom. The van der Waals surface area contributed by atoms with Gasteiger partial charge in [0.1, 0.15) is 12.2 Å². The standard InChI is InChI=1S/C13H18N4O/c1-16-11-14-15-13(16)10-17(7-8-18)9-12-5-3-2-4-6-12/h2-6,11,18H,7-10H2,1H3. The van der Waals surface area contributed by atoms with Crippen molar-refractivity contribution in [2.45, 2.75) is 13.1 Å². The van der Waals surface area contributed by atoms with Crippen molar-refractivity contribution in [3.05, 3.63) is 48.0 Å². The Bertz CT molecular complexity index is 469. The zero-order valence-corrected chi connectivity index (χ0v) is 10.5. The largest absolute Gasteiger partial charge is 0.395 e. The molecule has 0 spiro atoms. The molecule has 0 atom stereocenters. The van der Waals surface area contributed by atoms with Crippen LogP contribution in [0, 0.1) is 0 Å². The number of hydrogen-bond acceptors (Lipinski definition) is 4. The van der Waals surface area contributed by atoms with Gasteiger partial charge >= 0.3 is 0 Å². The van der Waals surface area contributed by atoms with Gasteiger partial charge in [0.2, 0.25) is 0 Å².